The number of nitrogens with zero attached hydrogens (tertiary/aromatic N) is 1. The number of rotatable bonds is 6. The molecule has 0 aliphatic carbocycles. The van der Waals surface area contributed by atoms with Crippen molar-refractivity contribution in [3.05, 3.63) is 10.6 Å². The molecule has 9 heteroatoms. The van der Waals surface area contributed by atoms with Crippen LogP contribution < -0.4 is 10.6 Å². The summed E-state index contributed by atoms with van der Waals surface area (Å²) in [5.41, 5.74) is 0.0594. The predicted octanol–water partition coefficient (Wildman–Crippen LogP) is -0.260. The molecule has 26 heavy (non-hydrogen) atoms. The molecule has 0 aromatic heterocycles. The minimum absolute atomic E-state index is 0.0256. The number of aliphatic hydroxyl groups is 1. The van der Waals surface area contributed by atoms with E-state index in [0.29, 0.717) is 17.9 Å². The summed E-state index contributed by atoms with van der Waals surface area (Å²) in [6, 6.07) is -0.214. The smallest absolute Gasteiger partial charge is 0.353 e. The first-order valence-electron chi connectivity index (χ1n) is 8.85. The van der Waals surface area contributed by atoms with Crippen molar-refractivity contribution >= 4 is 29.5 Å². The van der Waals surface area contributed by atoms with E-state index in [-0.39, 0.29) is 40.8 Å². The Balaban J connectivity index is 1.74. The summed E-state index contributed by atoms with van der Waals surface area (Å²) in [7, 11) is 1.60. The van der Waals surface area contributed by atoms with E-state index in [9.17, 15) is 24.6 Å². The van der Waals surface area contributed by atoms with Crippen molar-refractivity contribution in [2.75, 3.05) is 13.6 Å². The monoisotopic (exact) mass is 383 g/mol. The summed E-state index contributed by atoms with van der Waals surface area (Å²) in [6.45, 7) is 4.18. The van der Waals surface area contributed by atoms with Gasteiger partial charge in [-0.05, 0) is 13.3 Å². The molecule has 0 radical (unpaired) electrons. The van der Waals surface area contributed by atoms with E-state index in [4.69, 9.17) is 0 Å². The lowest BCUT2D eigenvalue weighted by Crippen LogP contribution is -2.63. The minimum atomic E-state index is -1.10. The van der Waals surface area contributed by atoms with Crippen molar-refractivity contribution in [3.8, 4) is 0 Å². The first-order valence-corrected chi connectivity index (χ1v) is 9.73. The first-order chi connectivity index (χ1) is 12.3. The number of nitrogens with one attached hydrogen (secondary N) is 2. The van der Waals surface area contributed by atoms with Gasteiger partial charge in [0.05, 0.1) is 18.1 Å². The highest BCUT2D eigenvalue weighted by atomic mass is 32.2. The Morgan fingerprint density at radius 3 is 2.73 bits per heavy atom. The van der Waals surface area contributed by atoms with Crippen LogP contribution in [0.3, 0.4) is 0 Å². The second kappa shape index (κ2) is 7.21. The number of thioether (sulfide) groups is 1. The van der Waals surface area contributed by atoms with Crippen LogP contribution in [-0.4, -0.2) is 69.9 Å². The zero-order chi connectivity index (χ0) is 19.2. The molecule has 2 saturated heterocycles. The SMILES string of the molecule is CNC(=O)C[C@@H]1C[C@H](SC2=C(C(=O)O)N3C(=O)[C@H](C(C)O)[C@H]3[C@H]2C)CN1. The van der Waals surface area contributed by atoms with Crippen molar-refractivity contribution in [2.45, 2.75) is 50.1 Å². The maximum Gasteiger partial charge on any atom is 0.353 e. The third kappa shape index (κ3) is 3.12. The van der Waals surface area contributed by atoms with E-state index in [0.717, 1.165) is 6.42 Å². The molecule has 3 rings (SSSR count). The molecule has 1 unspecified atom stereocenters. The molecule has 3 aliphatic heterocycles. The summed E-state index contributed by atoms with van der Waals surface area (Å²) < 4.78 is 0. The van der Waals surface area contributed by atoms with Crippen molar-refractivity contribution in [2.24, 2.45) is 11.8 Å². The van der Waals surface area contributed by atoms with E-state index in [1.54, 1.807) is 14.0 Å². The summed E-state index contributed by atoms with van der Waals surface area (Å²) >= 11 is 1.49. The number of carboxylic acid groups (broad SMARTS) is 1. The zero-order valence-corrected chi connectivity index (χ0v) is 15.9. The van der Waals surface area contributed by atoms with Crippen LogP contribution in [0.5, 0.6) is 0 Å². The summed E-state index contributed by atoms with van der Waals surface area (Å²) in [6.07, 6.45) is 0.362. The highest BCUT2D eigenvalue weighted by Crippen LogP contribution is 2.51. The van der Waals surface area contributed by atoms with E-state index >= 15 is 0 Å². The van der Waals surface area contributed by atoms with Crippen LogP contribution in [0.4, 0.5) is 0 Å². The highest BCUT2D eigenvalue weighted by molar-refractivity contribution is 8.03. The molecule has 0 saturated carbocycles. The van der Waals surface area contributed by atoms with Gasteiger partial charge in [0.15, 0.2) is 0 Å². The third-order valence-corrected chi connectivity index (χ3v) is 7.01. The summed E-state index contributed by atoms with van der Waals surface area (Å²) in [4.78, 5) is 37.7. The second-order valence-corrected chi connectivity index (χ2v) is 8.57. The summed E-state index contributed by atoms with van der Waals surface area (Å²) in [5.74, 6) is -2.11. The average Bonchev–Trinajstić information content (AvgIpc) is 3.09. The largest absolute Gasteiger partial charge is 0.477 e. The Bertz CT molecular complexity index is 665. The van der Waals surface area contributed by atoms with E-state index in [1.165, 1.54) is 16.7 Å². The Morgan fingerprint density at radius 1 is 1.46 bits per heavy atom. The standard InChI is InChI=1S/C17H25N3O5S/c1-7-13-12(8(2)21)16(23)20(13)14(17(24)25)15(7)26-10-4-9(19-6-10)5-11(22)18-3/h7-10,12-13,19,21H,4-6H2,1-3H3,(H,18,22)(H,24,25)/t7-,8?,9+,10+,12-,13-/m1/s1. The number of hydrogen-bond donors (Lipinski definition) is 4. The van der Waals surface area contributed by atoms with Gasteiger partial charge in [-0.15, -0.1) is 11.8 Å². The number of aliphatic carboxylic acids is 1. The molecule has 0 aromatic carbocycles. The number of aliphatic hydroxyl groups excluding tert-OH is 1. The van der Waals surface area contributed by atoms with Gasteiger partial charge in [-0.1, -0.05) is 6.92 Å². The fraction of sp³-hybridized carbons (Fsp3) is 0.706. The van der Waals surface area contributed by atoms with Gasteiger partial charge in [0, 0.05) is 42.1 Å². The lowest BCUT2D eigenvalue weighted by Gasteiger charge is -2.46. The van der Waals surface area contributed by atoms with Crippen LogP contribution in [0, 0.1) is 11.8 Å². The van der Waals surface area contributed by atoms with Crippen LogP contribution in [0.15, 0.2) is 10.6 Å². The number of fused-ring (bicyclic) bond motifs is 1. The molecule has 0 aromatic rings. The molecule has 0 spiro atoms. The molecule has 144 valence electrons. The fourth-order valence-electron chi connectivity index (χ4n) is 4.21. The molecule has 3 aliphatic rings. The van der Waals surface area contributed by atoms with Gasteiger partial charge in [0.25, 0.3) is 0 Å². The van der Waals surface area contributed by atoms with Crippen molar-refractivity contribution in [1.29, 1.82) is 0 Å². The topological polar surface area (TPSA) is 119 Å². The molecule has 6 atom stereocenters. The Labute approximate surface area is 156 Å². The Morgan fingerprint density at radius 2 is 2.15 bits per heavy atom. The Hall–Kier alpha value is -1.58. The normalized spacial score (nSPS) is 34.5. The van der Waals surface area contributed by atoms with Crippen LogP contribution >= 0.6 is 11.8 Å². The van der Waals surface area contributed by atoms with Crippen LogP contribution in [0.25, 0.3) is 0 Å². The molecule has 2 amide bonds. The van der Waals surface area contributed by atoms with Gasteiger partial charge in [0.1, 0.15) is 5.70 Å². The number of β-lactam (4-membered cyclic amide) rings is 1. The zero-order valence-electron chi connectivity index (χ0n) is 15.1. The van der Waals surface area contributed by atoms with Gasteiger partial charge >= 0.3 is 5.97 Å². The van der Waals surface area contributed by atoms with Crippen molar-refractivity contribution in [3.63, 3.8) is 0 Å². The quantitative estimate of drug-likeness (QED) is 0.467. The predicted molar refractivity (Wildman–Crippen MR) is 96.1 cm³/mol. The third-order valence-electron chi connectivity index (χ3n) is 5.50. The number of hydrogen-bond acceptors (Lipinski definition) is 6. The van der Waals surface area contributed by atoms with Crippen LogP contribution in [0.1, 0.15) is 26.7 Å². The Kier molecular flexibility index (Phi) is 5.32. The number of carbonyl (C=O) groups is 3. The maximum atomic E-state index is 12.3. The van der Waals surface area contributed by atoms with Gasteiger partial charge in [-0.25, -0.2) is 4.79 Å². The van der Waals surface area contributed by atoms with Gasteiger partial charge in [-0.2, -0.15) is 0 Å². The van der Waals surface area contributed by atoms with E-state index in [1.807, 2.05) is 6.92 Å². The van der Waals surface area contributed by atoms with Gasteiger partial charge in [-0.3, -0.25) is 9.59 Å². The fourth-order valence-corrected chi connectivity index (χ4v) is 5.73. The van der Waals surface area contributed by atoms with E-state index < -0.39 is 18.0 Å². The van der Waals surface area contributed by atoms with Crippen LogP contribution in [0.2, 0.25) is 0 Å². The molecular formula is C17H25N3O5S. The van der Waals surface area contributed by atoms with Crippen molar-refractivity contribution < 1.29 is 24.6 Å². The molecule has 3 heterocycles. The highest BCUT2D eigenvalue weighted by Gasteiger charge is 2.60. The lowest BCUT2D eigenvalue weighted by molar-refractivity contribution is -0.163. The van der Waals surface area contributed by atoms with Crippen molar-refractivity contribution in [1.82, 2.24) is 15.5 Å². The first kappa shape index (κ1) is 19.2. The molecule has 8 nitrogen and oxygen atoms in total. The molecular weight excluding hydrogens is 358 g/mol. The van der Waals surface area contributed by atoms with E-state index in [2.05, 4.69) is 10.6 Å². The number of carboxylic acids is 1. The van der Waals surface area contributed by atoms with Gasteiger partial charge < -0.3 is 25.7 Å². The minimum Gasteiger partial charge on any atom is -0.477 e. The van der Waals surface area contributed by atoms with Gasteiger partial charge in [0.2, 0.25) is 11.8 Å². The number of amides is 2. The summed E-state index contributed by atoms with van der Waals surface area (Å²) in [5, 5.41) is 25.6. The average molecular weight is 383 g/mol. The lowest BCUT2D eigenvalue weighted by atomic mass is 9.79. The number of carbonyl (C=O) groups excluding carboxylic acids is 2. The molecule has 4 N–H and O–H groups in total. The van der Waals surface area contributed by atoms with Crippen LogP contribution in [-0.2, 0) is 14.4 Å². The maximum absolute atomic E-state index is 12.3. The molecule has 0 bridgehead atoms. The second-order valence-electron chi connectivity index (χ2n) is 7.23. The molecule has 2 fully saturated rings.